The van der Waals surface area contributed by atoms with Gasteiger partial charge in [0.2, 0.25) is 0 Å². The summed E-state index contributed by atoms with van der Waals surface area (Å²) >= 11 is 0. The van der Waals surface area contributed by atoms with Crippen LogP contribution in [0.5, 0.6) is 0 Å². The first kappa shape index (κ1) is 11.4. The molecule has 2 heteroatoms. The van der Waals surface area contributed by atoms with Crippen molar-refractivity contribution in [2.75, 3.05) is 6.54 Å². The van der Waals surface area contributed by atoms with Gasteiger partial charge in [0.25, 0.3) is 0 Å². The van der Waals surface area contributed by atoms with Gasteiger partial charge in [-0.05, 0) is 39.0 Å². The van der Waals surface area contributed by atoms with Crippen LogP contribution < -0.4 is 5.32 Å². The molecule has 1 spiro atoms. The first-order chi connectivity index (χ1) is 7.24. The lowest BCUT2D eigenvalue weighted by Gasteiger charge is -2.24. The van der Waals surface area contributed by atoms with E-state index in [-0.39, 0.29) is 0 Å². The van der Waals surface area contributed by atoms with Gasteiger partial charge in [0.1, 0.15) is 0 Å². The summed E-state index contributed by atoms with van der Waals surface area (Å²) in [6, 6.07) is 0.633. The van der Waals surface area contributed by atoms with E-state index in [1.165, 1.54) is 44.9 Å². The van der Waals surface area contributed by atoms with Crippen molar-refractivity contribution in [3.8, 4) is 0 Å². The molecule has 2 atom stereocenters. The van der Waals surface area contributed by atoms with E-state index in [2.05, 4.69) is 19.2 Å². The van der Waals surface area contributed by atoms with Crippen LogP contribution in [0.1, 0.15) is 58.8 Å². The number of hydrogen-bond acceptors (Lipinski definition) is 2. The lowest BCUT2D eigenvalue weighted by atomic mass is 9.98. The quantitative estimate of drug-likeness (QED) is 0.772. The van der Waals surface area contributed by atoms with Crippen LogP contribution in [0.15, 0.2) is 0 Å². The maximum absolute atomic E-state index is 6.24. The standard InChI is InChI=1S/C13H25NO/c1-3-11(2)14-10-12-6-9-13(15-12)7-4-5-8-13/h11-12,14H,3-10H2,1-2H3. The zero-order valence-electron chi connectivity index (χ0n) is 10.2. The zero-order valence-corrected chi connectivity index (χ0v) is 10.2. The summed E-state index contributed by atoms with van der Waals surface area (Å²) in [5.41, 5.74) is 0.307. The van der Waals surface area contributed by atoms with Crippen molar-refractivity contribution in [2.24, 2.45) is 0 Å². The predicted octanol–water partition coefficient (Wildman–Crippen LogP) is 2.87. The topological polar surface area (TPSA) is 21.3 Å². The van der Waals surface area contributed by atoms with E-state index in [0.717, 1.165) is 6.54 Å². The van der Waals surface area contributed by atoms with Crippen molar-refractivity contribution in [3.05, 3.63) is 0 Å². The van der Waals surface area contributed by atoms with E-state index in [4.69, 9.17) is 4.74 Å². The molecule has 1 N–H and O–H groups in total. The molecule has 15 heavy (non-hydrogen) atoms. The van der Waals surface area contributed by atoms with Crippen molar-refractivity contribution in [1.29, 1.82) is 0 Å². The molecule has 1 saturated carbocycles. The van der Waals surface area contributed by atoms with Gasteiger partial charge in [-0.1, -0.05) is 19.8 Å². The molecule has 88 valence electrons. The van der Waals surface area contributed by atoms with E-state index < -0.39 is 0 Å². The summed E-state index contributed by atoms with van der Waals surface area (Å²) in [6.07, 6.45) is 9.65. The molecular formula is C13H25NO. The van der Waals surface area contributed by atoms with Gasteiger partial charge in [-0.2, -0.15) is 0 Å². The van der Waals surface area contributed by atoms with Crippen LogP contribution in [0.2, 0.25) is 0 Å². The van der Waals surface area contributed by atoms with Crippen LogP contribution in [-0.4, -0.2) is 24.3 Å². The van der Waals surface area contributed by atoms with Crippen LogP contribution in [0, 0.1) is 0 Å². The molecule has 2 aliphatic rings. The lowest BCUT2D eigenvalue weighted by molar-refractivity contribution is -0.0357. The third-order valence-electron chi connectivity index (χ3n) is 4.16. The van der Waals surface area contributed by atoms with Crippen molar-refractivity contribution < 1.29 is 4.74 Å². The average Bonchev–Trinajstić information content (AvgIpc) is 2.86. The fraction of sp³-hybridized carbons (Fsp3) is 1.00. The highest BCUT2D eigenvalue weighted by molar-refractivity contribution is 4.93. The fourth-order valence-electron chi connectivity index (χ4n) is 2.90. The molecule has 2 rings (SSSR count). The second-order valence-corrected chi connectivity index (χ2v) is 5.39. The Balaban J connectivity index is 1.73. The highest BCUT2D eigenvalue weighted by Crippen LogP contribution is 2.43. The van der Waals surface area contributed by atoms with E-state index in [1.54, 1.807) is 0 Å². The van der Waals surface area contributed by atoms with Gasteiger partial charge in [0, 0.05) is 12.6 Å². The van der Waals surface area contributed by atoms with Crippen molar-refractivity contribution in [2.45, 2.75) is 76.5 Å². The van der Waals surface area contributed by atoms with Crippen LogP contribution >= 0.6 is 0 Å². The van der Waals surface area contributed by atoms with Crippen molar-refractivity contribution >= 4 is 0 Å². The molecule has 0 aromatic carbocycles. The Morgan fingerprint density at radius 3 is 2.73 bits per heavy atom. The highest BCUT2D eigenvalue weighted by Gasteiger charge is 2.41. The van der Waals surface area contributed by atoms with Gasteiger partial charge in [-0.3, -0.25) is 0 Å². The monoisotopic (exact) mass is 211 g/mol. The Morgan fingerprint density at radius 2 is 2.07 bits per heavy atom. The summed E-state index contributed by atoms with van der Waals surface area (Å²) in [7, 11) is 0. The fourth-order valence-corrected chi connectivity index (χ4v) is 2.90. The molecule has 1 saturated heterocycles. The van der Waals surface area contributed by atoms with Gasteiger partial charge >= 0.3 is 0 Å². The second-order valence-electron chi connectivity index (χ2n) is 5.39. The first-order valence-corrected chi connectivity index (χ1v) is 6.65. The van der Waals surface area contributed by atoms with Crippen LogP contribution in [0.3, 0.4) is 0 Å². The normalized spacial score (nSPS) is 31.2. The Morgan fingerprint density at radius 1 is 1.33 bits per heavy atom. The molecule has 0 aromatic rings. The second kappa shape index (κ2) is 4.84. The minimum absolute atomic E-state index is 0.307. The van der Waals surface area contributed by atoms with Crippen molar-refractivity contribution in [1.82, 2.24) is 5.32 Å². The van der Waals surface area contributed by atoms with Crippen LogP contribution in [0.25, 0.3) is 0 Å². The van der Waals surface area contributed by atoms with Gasteiger partial charge in [-0.25, -0.2) is 0 Å². The Labute approximate surface area is 93.8 Å². The summed E-state index contributed by atoms with van der Waals surface area (Å²) in [5.74, 6) is 0. The summed E-state index contributed by atoms with van der Waals surface area (Å²) in [5, 5.41) is 3.56. The minimum atomic E-state index is 0.307. The van der Waals surface area contributed by atoms with Crippen LogP contribution in [0.4, 0.5) is 0 Å². The average molecular weight is 211 g/mol. The Bertz CT molecular complexity index is 199. The largest absolute Gasteiger partial charge is 0.370 e. The van der Waals surface area contributed by atoms with Gasteiger partial charge < -0.3 is 10.1 Å². The highest BCUT2D eigenvalue weighted by atomic mass is 16.5. The number of rotatable bonds is 4. The lowest BCUT2D eigenvalue weighted by Crippen LogP contribution is -2.35. The smallest absolute Gasteiger partial charge is 0.0708 e. The number of nitrogens with one attached hydrogen (secondary N) is 1. The Hall–Kier alpha value is -0.0800. The molecular weight excluding hydrogens is 186 g/mol. The van der Waals surface area contributed by atoms with Gasteiger partial charge in [0.05, 0.1) is 11.7 Å². The molecule has 0 radical (unpaired) electrons. The molecule has 2 fully saturated rings. The molecule has 0 amide bonds. The molecule has 0 aromatic heterocycles. The van der Waals surface area contributed by atoms with E-state index in [0.29, 0.717) is 17.7 Å². The zero-order chi connectivity index (χ0) is 10.7. The third-order valence-corrected chi connectivity index (χ3v) is 4.16. The summed E-state index contributed by atoms with van der Waals surface area (Å²) in [6.45, 7) is 5.53. The summed E-state index contributed by atoms with van der Waals surface area (Å²) in [4.78, 5) is 0. The van der Waals surface area contributed by atoms with Crippen LogP contribution in [-0.2, 0) is 4.74 Å². The van der Waals surface area contributed by atoms with Crippen molar-refractivity contribution in [3.63, 3.8) is 0 Å². The van der Waals surface area contributed by atoms with Gasteiger partial charge in [-0.15, -0.1) is 0 Å². The van der Waals surface area contributed by atoms with E-state index in [9.17, 15) is 0 Å². The Kier molecular flexibility index (Phi) is 3.68. The molecule has 0 bridgehead atoms. The SMILES string of the molecule is CCC(C)NCC1CCC2(CCCC2)O1. The number of ether oxygens (including phenoxy) is 1. The molecule has 1 heterocycles. The summed E-state index contributed by atoms with van der Waals surface area (Å²) < 4.78 is 6.24. The molecule has 1 aliphatic heterocycles. The number of hydrogen-bond donors (Lipinski definition) is 1. The maximum atomic E-state index is 6.24. The third kappa shape index (κ3) is 2.73. The molecule has 2 nitrogen and oxygen atoms in total. The van der Waals surface area contributed by atoms with E-state index >= 15 is 0 Å². The molecule has 1 aliphatic carbocycles. The first-order valence-electron chi connectivity index (χ1n) is 6.65. The predicted molar refractivity (Wildman–Crippen MR) is 63.1 cm³/mol. The molecule has 2 unspecified atom stereocenters. The maximum Gasteiger partial charge on any atom is 0.0708 e. The minimum Gasteiger partial charge on any atom is -0.370 e. The van der Waals surface area contributed by atoms with Gasteiger partial charge in [0.15, 0.2) is 0 Å². The van der Waals surface area contributed by atoms with E-state index in [1.807, 2.05) is 0 Å².